The molecule has 3 aromatic rings. The van der Waals surface area contributed by atoms with Gasteiger partial charge in [0.1, 0.15) is 0 Å². The highest BCUT2D eigenvalue weighted by Crippen LogP contribution is 2.28. The van der Waals surface area contributed by atoms with Crippen molar-refractivity contribution in [1.29, 1.82) is 0 Å². The third kappa shape index (κ3) is 3.82. The van der Waals surface area contributed by atoms with Crippen molar-refractivity contribution in [2.45, 2.75) is 26.8 Å². The minimum Gasteiger partial charge on any atom is -0.465 e. The van der Waals surface area contributed by atoms with Gasteiger partial charge < -0.3 is 14.0 Å². The zero-order chi connectivity index (χ0) is 17.6. The van der Waals surface area contributed by atoms with E-state index in [2.05, 4.69) is 34.7 Å². The van der Waals surface area contributed by atoms with Gasteiger partial charge in [-0.15, -0.1) is 0 Å². The first-order valence-electron chi connectivity index (χ1n) is 8.52. The summed E-state index contributed by atoms with van der Waals surface area (Å²) in [6.07, 6.45) is 2.61. The molecular formula is C20H22N2O3. The highest BCUT2D eigenvalue weighted by Gasteiger charge is 2.14. The summed E-state index contributed by atoms with van der Waals surface area (Å²) in [6, 6.07) is 14.4. The summed E-state index contributed by atoms with van der Waals surface area (Å²) in [5, 5.41) is 0.916. The Balaban J connectivity index is 1.93. The van der Waals surface area contributed by atoms with E-state index in [-0.39, 0.29) is 12.6 Å². The van der Waals surface area contributed by atoms with Gasteiger partial charge in [0.2, 0.25) is 5.88 Å². The van der Waals surface area contributed by atoms with Crippen LogP contribution in [0.15, 0.2) is 48.7 Å². The van der Waals surface area contributed by atoms with Gasteiger partial charge in [0, 0.05) is 18.4 Å². The molecule has 1 aromatic carbocycles. The van der Waals surface area contributed by atoms with Crippen LogP contribution in [0, 0.1) is 0 Å². The van der Waals surface area contributed by atoms with Crippen LogP contribution in [-0.2, 0) is 22.5 Å². The standard InChI is InChI=1S/C20H22N2O3/c1-3-16-12-17-18(22(16)13-15-8-6-5-7-9-15)10-11-21-20(17)25-14-19(23)24-4-2/h5-12H,3-4,13-14H2,1-2H3. The molecule has 0 unspecified atom stereocenters. The van der Waals surface area contributed by atoms with Crippen molar-refractivity contribution < 1.29 is 14.3 Å². The van der Waals surface area contributed by atoms with Gasteiger partial charge in [-0.3, -0.25) is 0 Å². The fraction of sp³-hybridized carbons (Fsp3) is 0.300. The third-order valence-electron chi connectivity index (χ3n) is 4.06. The van der Waals surface area contributed by atoms with Crippen LogP contribution in [0.1, 0.15) is 25.1 Å². The van der Waals surface area contributed by atoms with Gasteiger partial charge in [0.25, 0.3) is 0 Å². The number of nitrogens with zero attached hydrogens (tertiary/aromatic N) is 2. The van der Waals surface area contributed by atoms with Crippen molar-refractivity contribution >= 4 is 16.9 Å². The molecule has 0 fully saturated rings. The normalized spacial score (nSPS) is 10.8. The number of aryl methyl sites for hydroxylation is 1. The molecule has 25 heavy (non-hydrogen) atoms. The number of carbonyl (C=O) groups is 1. The molecule has 5 nitrogen and oxygen atoms in total. The lowest BCUT2D eigenvalue weighted by molar-refractivity contribution is -0.145. The van der Waals surface area contributed by atoms with Crippen LogP contribution in [0.4, 0.5) is 0 Å². The number of rotatable bonds is 7. The van der Waals surface area contributed by atoms with Crippen molar-refractivity contribution in [3.05, 3.63) is 59.9 Å². The second kappa shape index (κ2) is 7.83. The van der Waals surface area contributed by atoms with E-state index in [1.165, 1.54) is 11.3 Å². The lowest BCUT2D eigenvalue weighted by Crippen LogP contribution is -2.15. The topological polar surface area (TPSA) is 53.4 Å². The number of esters is 1. The van der Waals surface area contributed by atoms with Gasteiger partial charge in [-0.2, -0.15) is 0 Å². The number of carbonyl (C=O) groups excluding carboxylic acids is 1. The van der Waals surface area contributed by atoms with Gasteiger partial charge in [0.05, 0.1) is 17.5 Å². The lowest BCUT2D eigenvalue weighted by Gasteiger charge is -2.10. The fourth-order valence-electron chi connectivity index (χ4n) is 2.91. The van der Waals surface area contributed by atoms with E-state index in [9.17, 15) is 4.79 Å². The van der Waals surface area contributed by atoms with E-state index >= 15 is 0 Å². The van der Waals surface area contributed by atoms with Crippen LogP contribution in [0.3, 0.4) is 0 Å². The molecule has 2 aromatic heterocycles. The number of benzene rings is 1. The molecule has 3 rings (SSSR count). The second-order valence-electron chi connectivity index (χ2n) is 5.70. The molecule has 0 radical (unpaired) electrons. The molecule has 0 N–H and O–H groups in total. The summed E-state index contributed by atoms with van der Waals surface area (Å²) in [4.78, 5) is 15.8. The van der Waals surface area contributed by atoms with E-state index in [1.54, 1.807) is 13.1 Å². The quantitative estimate of drug-likeness (QED) is 0.618. The minimum atomic E-state index is -0.388. The maximum atomic E-state index is 11.5. The highest BCUT2D eigenvalue weighted by atomic mass is 16.6. The molecule has 0 aliphatic carbocycles. The monoisotopic (exact) mass is 338 g/mol. The van der Waals surface area contributed by atoms with Crippen LogP contribution in [0.5, 0.6) is 5.88 Å². The van der Waals surface area contributed by atoms with Gasteiger partial charge >= 0.3 is 5.97 Å². The first-order valence-corrected chi connectivity index (χ1v) is 8.52. The summed E-state index contributed by atoms with van der Waals surface area (Å²) in [6.45, 7) is 4.89. The predicted octanol–water partition coefficient (Wildman–Crippen LogP) is 3.59. The number of aromatic nitrogens is 2. The summed E-state index contributed by atoms with van der Waals surface area (Å²) in [5.41, 5.74) is 3.49. The second-order valence-corrected chi connectivity index (χ2v) is 5.70. The first kappa shape index (κ1) is 17.0. The number of fused-ring (bicyclic) bond motifs is 1. The van der Waals surface area contributed by atoms with E-state index in [0.29, 0.717) is 12.5 Å². The maximum absolute atomic E-state index is 11.5. The summed E-state index contributed by atoms with van der Waals surface area (Å²) in [7, 11) is 0. The summed E-state index contributed by atoms with van der Waals surface area (Å²) < 4.78 is 12.8. The molecule has 0 amide bonds. The van der Waals surface area contributed by atoms with Gasteiger partial charge in [0.15, 0.2) is 6.61 Å². The smallest absolute Gasteiger partial charge is 0.344 e. The Labute approximate surface area is 147 Å². The molecule has 0 spiro atoms. The largest absolute Gasteiger partial charge is 0.465 e. The van der Waals surface area contributed by atoms with Gasteiger partial charge in [-0.05, 0) is 31.0 Å². The van der Waals surface area contributed by atoms with Crippen molar-refractivity contribution in [3.8, 4) is 5.88 Å². The maximum Gasteiger partial charge on any atom is 0.344 e. The number of ether oxygens (including phenoxy) is 2. The van der Waals surface area contributed by atoms with Crippen LogP contribution in [0.25, 0.3) is 10.9 Å². The van der Waals surface area contributed by atoms with Crippen molar-refractivity contribution in [3.63, 3.8) is 0 Å². The van der Waals surface area contributed by atoms with E-state index < -0.39 is 0 Å². The zero-order valence-electron chi connectivity index (χ0n) is 14.6. The highest BCUT2D eigenvalue weighted by molar-refractivity contribution is 5.86. The van der Waals surface area contributed by atoms with Crippen molar-refractivity contribution in [2.24, 2.45) is 0 Å². The Morgan fingerprint density at radius 2 is 1.96 bits per heavy atom. The lowest BCUT2D eigenvalue weighted by atomic mass is 10.2. The molecule has 0 aliphatic rings. The number of hydrogen-bond donors (Lipinski definition) is 0. The molecule has 5 heteroatoms. The third-order valence-corrected chi connectivity index (χ3v) is 4.06. The predicted molar refractivity (Wildman–Crippen MR) is 96.8 cm³/mol. The van der Waals surface area contributed by atoms with Crippen LogP contribution >= 0.6 is 0 Å². The Morgan fingerprint density at radius 3 is 2.68 bits per heavy atom. The Morgan fingerprint density at radius 1 is 1.16 bits per heavy atom. The number of pyridine rings is 1. The average Bonchev–Trinajstić information content (AvgIpc) is 2.99. The number of hydrogen-bond acceptors (Lipinski definition) is 4. The molecule has 0 saturated carbocycles. The Bertz CT molecular complexity index is 856. The van der Waals surface area contributed by atoms with Crippen molar-refractivity contribution in [1.82, 2.24) is 9.55 Å². The molecule has 0 saturated heterocycles. The first-order chi connectivity index (χ1) is 12.2. The van der Waals surface area contributed by atoms with E-state index in [1.807, 2.05) is 24.3 Å². The minimum absolute atomic E-state index is 0.134. The zero-order valence-corrected chi connectivity index (χ0v) is 14.6. The van der Waals surface area contributed by atoms with Crippen molar-refractivity contribution in [2.75, 3.05) is 13.2 Å². The SMILES string of the molecule is CCOC(=O)COc1nccc2c1cc(CC)n2Cc1ccccc1. The van der Waals surface area contributed by atoms with Crippen LogP contribution < -0.4 is 4.74 Å². The molecule has 2 heterocycles. The van der Waals surface area contributed by atoms with Gasteiger partial charge in [-0.1, -0.05) is 37.3 Å². The van der Waals surface area contributed by atoms with Crippen LogP contribution in [0.2, 0.25) is 0 Å². The molecule has 0 atom stereocenters. The Hall–Kier alpha value is -2.82. The summed E-state index contributed by atoms with van der Waals surface area (Å²) in [5.74, 6) is 0.0767. The molecular weight excluding hydrogens is 316 g/mol. The average molecular weight is 338 g/mol. The van der Waals surface area contributed by atoms with E-state index in [4.69, 9.17) is 9.47 Å². The Kier molecular flexibility index (Phi) is 5.33. The molecule has 0 aliphatic heterocycles. The van der Waals surface area contributed by atoms with Gasteiger partial charge in [-0.25, -0.2) is 9.78 Å². The molecule has 0 bridgehead atoms. The summed E-state index contributed by atoms with van der Waals surface area (Å²) >= 11 is 0. The fourth-order valence-corrected chi connectivity index (χ4v) is 2.91. The van der Waals surface area contributed by atoms with Crippen LogP contribution in [-0.4, -0.2) is 28.7 Å². The molecule has 130 valence electrons. The van der Waals surface area contributed by atoms with E-state index in [0.717, 1.165) is 23.9 Å².